The predicted molar refractivity (Wildman–Crippen MR) is 98.8 cm³/mol. The van der Waals surface area contributed by atoms with Crippen molar-refractivity contribution in [1.29, 1.82) is 0 Å². The van der Waals surface area contributed by atoms with Gasteiger partial charge in [0.25, 0.3) is 5.91 Å². The van der Waals surface area contributed by atoms with Gasteiger partial charge in [-0.15, -0.1) is 0 Å². The summed E-state index contributed by atoms with van der Waals surface area (Å²) in [5.41, 5.74) is 1.26. The minimum atomic E-state index is -0.443. The molecule has 7 heteroatoms. The summed E-state index contributed by atoms with van der Waals surface area (Å²) in [6, 6.07) is 7.81. The first kappa shape index (κ1) is 18.5. The molecule has 0 bridgehead atoms. The standard InChI is InChI=1S/C19H19BrFN3O2/c20-17-4-3-15(21)10-16(17)19(26)24-8-5-14(6-9-24)18(25)23-12-13-2-1-7-22-11-13/h1-4,7,10-11,14H,5-6,8-9,12H2,(H,23,25). The third kappa shape index (κ3) is 4.46. The van der Waals surface area contributed by atoms with E-state index >= 15 is 0 Å². The van der Waals surface area contributed by atoms with E-state index in [0.717, 1.165) is 5.56 Å². The molecule has 0 unspecified atom stereocenters. The number of likely N-dealkylation sites (tertiary alicyclic amines) is 1. The largest absolute Gasteiger partial charge is 0.352 e. The van der Waals surface area contributed by atoms with Crippen LogP contribution in [0.3, 0.4) is 0 Å². The molecule has 2 aromatic rings. The summed E-state index contributed by atoms with van der Waals surface area (Å²) < 4.78 is 14.0. The number of hydrogen-bond acceptors (Lipinski definition) is 3. The summed E-state index contributed by atoms with van der Waals surface area (Å²) in [6.07, 6.45) is 4.60. The van der Waals surface area contributed by atoms with E-state index in [1.54, 1.807) is 17.3 Å². The van der Waals surface area contributed by atoms with Crippen LogP contribution in [0.15, 0.2) is 47.2 Å². The van der Waals surface area contributed by atoms with E-state index in [2.05, 4.69) is 26.2 Å². The number of piperidine rings is 1. The van der Waals surface area contributed by atoms with Crippen molar-refractivity contribution in [2.45, 2.75) is 19.4 Å². The normalized spacial score (nSPS) is 14.9. The molecular weight excluding hydrogens is 401 g/mol. The first-order chi connectivity index (χ1) is 12.5. The van der Waals surface area contributed by atoms with Crippen LogP contribution in [0, 0.1) is 11.7 Å². The van der Waals surface area contributed by atoms with Crippen LogP contribution in [0.2, 0.25) is 0 Å². The summed E-state index contributed by atoms with van der Waals surface area (Å²) in [4.78, 5) is 30.6. The number of pyridine rings is 1. The molecule has 1 fully saturated rings. The van der Waals surface area contributed by atoms with Crippen LogP contribution in [0.5, 0.6) is 0 Å². The zero-order chi connectivity index (χ0) is 18.5. The summed E-state index contributed by atoms with van der Waals surface area (Å²) in [5.74, 6) is -0.786. The lowest BCUT2D eigenvalue weighted by Crippen LogP contribution is -2.43. The summed E-state index contributed by atoms with van der Waals surface area (Å²) in [6.45, 7) is 1.40. The molecule has 0 spiro atoms. The highest BCUT2D eigenvalue weighted by Crippen LogP contribution is 2.23. The fourth-order valence-corrected chi connectivity index (χ4v) is 3.43. The van der Waals surface area contributed by atoms with Crippen molar-refractivity contribution < 1.29 is 14.0 Å². The molecule has 1 aliphatic rings. The van der Waals surface area contributed by atoms with Gasteiger partial charge < -0.3 is 10.2 Å². The van der Waals surface area contributed by atoms with Crippen molar-refractivity contribution >= 4 is 27.7 Å². The smallest absolute Gasteiger partial charge is 0.255 e. The van der Waals surface area contributed by atoms with Gasteiger partial charge in [-0.25, -0.2) is 4.39 Å². The molecule has 5 nitrogen and oxygen atoms in total. The van der Waals surface area contributed by atoms with Gasteiger partial charge in [0.15, 0.2) is 0 Å². The van der Waals surface area contributed by atoms with Crippen molar-refractivity contribution in [1.82, 2.24) is 15.2 Å². The molecule has 136 valence electrons. The zero-order valence-corrected chi connectivity index (χ0v) is 15.7. The molecule has 1 aliphatic heterocycles. The molecule has 3 rings (SSSR count). The number of carbonyl (C=O) groups excluding carboxylic acids is 2. The lowest BCUT2D eigenvalue weighted by molar-refractivity contribution is -0.126. The summed E-state index contributed by atoms with van der Waals surface area (Å²) >= 11 is 3.29. The highest BCUT2D eigenvalue weighted by molar-refractivity contribution is 9.10. The Labute approximate surface area is 159 Å². The second kappa shape index (κ2) is 8.40. The van der Waals surface area contributed by atoms with Gasteiger partial charge in [-0.1, -0.05) is 6.07 Å². The van der Waals surface area contributed by atoms with Crippen LogP contribution >= 0.6 is 15.9 Å². The first-order valence-electron chi connectivity index (χ1n) is 8.45. The average Bonchev–Trinajstić information content (AvgIpc) is 2.68. The quantitative estimate of drug-likeness (QED) is 0.827. The number of carbonyl (C=O) groups is 2. The van der Waals surface area contributed by atoms with E-state index < -0.39 is 5.82 Å². The molecule has 1 saturated heterocycles. The third-order valence-corrected chi connectivity index (χ3v) is 5.19. The molecule has 0 saturated carbocycles. The lowest BCUT2D eigenvalue weighted by Gasteiger charge is -2.31. The predicted octanol–water partition coefficient (Wildman–Crippen LogP) is 3.15. The Kier molecular flexibility index (Phi) is 5.98. The lowest BCUT2D eigenvalue weighted by atomic mass is 9.95. The Hall–Kier alpha value is -2.28. The Morgan fingerprint density at radius 1 is 1.27 bits per heavy atom. The number of nitrogens with zero attached hydrogens (tertiary/aromatic N) is 2. The minimum Gasteiger partial charge on any atom is -0.352 e. The van der Waals surface area contributed by atoms with Gasteiger partial charge >= 0.3 is 0 Å². The Morgan fingerprint density at radius 2 is 2.04 bits per heavy atom. The second-order valence-corrected chi connectivity index (χ2v) is 7.12. The molecule has 2 amide bonds. The Balaban J connectivity index is 1.53. The number of nitrogens with one attached hydrogen (secondary N) is 1. The van der Waals surface area contributed by atoms with Crippen LogP contribution < -0.4 is 5.32 Å². The van der Waals surface area contributed by atoms with Crippen LogP contribution in [0.4, 0.5) is 4.39 Å². The molecule has 1 N–H and O–H groups in total. The van der Waals surface area contributed by atoms with E-state index in [-0.39, 0.29) is 17.7 Å². The average molecular weight is 420 g/mol. The number of halogens is 2. The maximum atomic E-state index is 13.4. The van der Waals surface area contributed by atoms with Gasteiger partial charge in [0.2, 0.25) is 5.91 Å². The van der Waals surface area contributed by atoms with Gasteiger partial charge in [0.1, 0.15) is 5.82 Å². The van der Waals surface area contributed by atoms with Gasteiger partial charge in [0, 0.05) is 42.4 Å². The molecule has 1 aromatic carbocycles. The van der Waals surface area contributed by atoms with Crippen molar-refractivity contribution in [2.75, 3.05) is 13.1 Å². The van der Waals surface area contributed by atoms with Crippen LogP contribution in [-0.2, 0) is 11.3 Å². The zero-order valence-electron chi connectivity index (χ0n) is 14.1. The Bertz CT molecular complexity index is 793. The van der Waals surface area contributed by atoms with Gasteiger partial charge in [0.05, 0.1) is 5.56 Å². The maximum absolute atomic E-state index is 13.4. The van der Waals surface area contributed by atoms with E-state index in [1.165, 1.54) is 18.2 Å². The third-order valence-electron chi connectivity index (χ3n) is 4.50. The van der Waals surface area contributed by atoms with Crippen LogP contribution in [0.1, 0.15) is 28.8 Å². The number of amides is 2. The molecule has 26 heavy (non-hydrogen) atoms. The van der Waals surface area contributed by atoms with Gasteiger partial charge in [-0.05, 0) is 58.6 Å². The van der Waals surface area contributed by atoms with Crippen LogP contribution in [-0.4, -0.2) is 34.8 Å². The number of rotatable bonds is 4. The topological polar surface area (TPSA) is 62.3 Å². The van der Waals surface area contributed by atoms with Crippen LogP contribution in [0.25, 0.3) is 0 Å². The molecule has 0 radical (unpaired) electrons. The molecular formula is C19H19BrFN3O2. The van der Waals surface area contributed by atoms with Crippen molar-refractivity contribution in [2.24, 2.45) is 5.92 Å². The Morgan fingerprint density at radius 3 is 2.73 bits per heavy atom. The minimum absolute atomic E-state index is 0.00659. The SMILES string of the molecule is O=C(NCc1cccnc1)C1CCN(C(=O)c2cc(F)ccc2Br)CC1. The summed E-state index contributed by atoms with van der Waals surface area (Å²) in [5, 5.41) is 2.92. The first-order valence-corrected chi connectivity index (χ1v) is 9.25. The fraction of sp³-hybridized carbons (Fsp3) is 0.316. The van der Waals surface area contributed by atoms with Gasteiger partial charge in [-0.2, -0.15) is 0 Å². The van der Waals surface area contributed by atoms with E-state index in [0.29, 0.717) is 42.5 Å². The second-order valence-electron chi connectivity index (χ2n) is 6.27. The highest BCUT2D eigenvalue weighted by Gasteiger charge is 2.28. The maximum Gasteiger partial charge on any atom is 0.255 e. The van der Waals surface area contributed by atoms with Crippen molar-refractivity contribution in [3.05, 3.63) is 64.1 Å². The van der Waals surface area contributed by atoms with E-state index in [4.69, 9.17) is 0 Å². The highest BCUT2D eigenvalue weighted by atomic mass is 79.9. The monoisotopic (exact) mass is 419 g/mol. The fourth-order valence-electron chi connectivity index (χ4n) is 3.01. The molecule has 0 atom stereocenters. The molecule has 1 aromatic heterocycles. The molecule has 2 heterocycles. The van der Waals surface area contributed by atoms with Crippen molar-refractivity contribution in [3.63, 3.8) is 0 Å². The number of aromatic nitrogens is 1. The number of benzene rings is 1. The number of hydrogen-bond donors (Lipinski definition) is 1. The summed E-state index contributed by atoms with van der Waals surface area (Å²) in [7, 11) is 0. The molecule has 0 aliphatic carbocycles. The van der Waals surface area contributed by atoms with Crippen molar-refractivity contribution in [3.8, 4) is 0 Å². The van der Waals surface area contributed by atoms with E-state index in [9.17, 15) is 14.0 Å². The van der Waals surface area contributed by atoms with E-state index in [1.807, 2.05) is 12.1 Å². The van der Waals surface area contributed by atoms with Gasteiger partial charge in [-0.3, -0.25) is 14.6 Å².